The number of primary amides is 1. The fraction of sp³-hybridized carbons (Fsp3) is 0.471. The SMILES string of the molecule is C[C@H]1CC[C@@H](C(N)=O)CN1C(=O)COCc1nc2ccccc2s1. The molecule has 2 aromatic rings. The highest BCUT2D eigenvalue weighted by atomic mass is 32.1. The Morgan fingerprint density at radius 2 is 2.17 bits per heavy atom. The molecule has 0 bridgehead atoms. The third kappa shape index (κ3) is 3.73. The second-order valence-corrected chi connectivity index (χ2v) is 7.26. The summed E-state index contributed by atoms with van der Waals surface area (Å²) in [7, 11) is 0. The lowest BCUT2D eigenvalue weighted by atomic mass is 9.93. The molecule has 0 aliphatic carbocycles. The minimum atomic E-state index is -0.338. The molecule has 128 valence electrons. The van der Waals surface area contributed by atoms with Crippen LogP contribution in [-0.4, -0.2) is 40.9 Å². The van der Waals surface area contributed by atoms with Crippen LogP contribution in [0.3, 0.4) is 0 Å². The zero-order chi connectivity index (χ0) is 17.1. The number of nitrogens with zero attached hydrogens (tertiary/aromatic N) is 2. The second kappa shape index (κ2) is 7.27. The Morgan fingerprint density at radius 3 is 2.92 bits per heavy atom. The van der Waals surface area contributed by atoms with Crippen LogP contribution in [0.4, 0.5) is 0 Å². The fourth-order valence-corrected chi connectivity index (χ4v) is 3.88. The number of hydrogen-bond donors (Lipinski definition) is 1. The second-order valence-electron chi connectivity index (χ2n) is 6.14. The lowest BCUT2D eigenvalue weighted by Gasteiger charge is -2.36. The molecule has 0 unspecified atom stereocenters. The molecule has 1 saturated heterocycles. The van der Waals surface area contributed by atoms with Crippen LogP contribution in [0.5, 0.6) is 0 Å². The average molecular weight is 347 g/mol. The predicted octanol–water partition coefficient (Wildman–Crippen LogP) is 1.93. The first-order valence-corrected chi connectivity index (χ1v) is 8.87. The smallest absolute Gasteiger partial charge is 0.248 e. The molecule has 3 rings (SSSR count). The molecule has 7 heteroatoms. The molecular formula is C17H21N3O3S. The number of rotatable bonds is 5. The van der Waals surface area contributed by atoms with Crippen molar-refractivity contribution in [3.63, 3.8) is 0 Å². The third-order valence-corrected chi connectivity index (χ3v) is 5.40. The van der Waals surface area contributed by atoms with Crippen LogP contribution < -0.4 is 5.73 Å². The molecule has 2 amide bonds. The summed E-state index contributed by atoms with van der Waals surface area (Å²) in [5.41, 5.74) is 6.32. The molecule has 0 radical (unpaired) electrons. The van der Waals surface area contributed by atoms with Crippen LogP contribution >= 0.6 is 11.3 Å². The molecule has 2 N–H and O–H groups in total. The number of fused-ring (bicyclic) bond motifs is 1. The van der Waals surface area contributed by atoms with Crippen LogP contribution in [0.25, 0.3) is 10.2 Å². The molecule has 1 fully saturated rings. The Morgan fingerprint density at radius 1 is 1.38 bits per heavy atom. The molecular weight excluding hydrogens is 326 g/mol. The Labute approximate surface area is 144 Å². The van der Waals surface area contributed by atoms with E-state index in [0.29, 0.717) is 13.2 Å². The van der Waals surface area contributed by atoms with Crippen LogP contribution in [0.1, 0.15) is 24.8 Å². The van der Waals surface area contributed by atoms with Crippen molar-refractivity contribution < 1.29 is 14.3 Å². The van der Waals surface area contributed by atoms with Gasteiger partial charge in [0.05, 0.1) is 22.7 Å². The van der Waals surface area contributed by atoms with Crippen molar-refractivity contribution in [1.29, 1.82) is 0 Å². The highest BCUT2D eigenvalue weighted by Crippen LogP contribution is 2.23. The third-order valence-electron chi connectivity index (χ3n) is 4.39. The summed E-state index contributed by atoms with van der Waals surface area (Å²) >= 11 is 1.57. The molecule has 0 spiro atoms. The molecule has 2 atom stereocenters. The summed E-state index contributed by atoms with van der Waals surface area (Å²) in [4.78, 5) is 29.9. The first kappa shape index (κ1) is 16.9. The highest BCUT2D eigenvalue weighted by Gasteiger charge is 2.31. The number of aromatic nitrogens is 1. The van der Waals surface area contributed by atoms with Gasteiger partial charge in [-0.05, 0) is 31.9 Å². The van der Waals surface area contributed by atoms with Gasteiger partial charge in [0.1, 0.15) is 11.6 Å². The number of amides is 2. The van der Waals surface area contributed by atoms with Crippen LogP contribution in [-0.2, 0) is 20.9 Å². The van der Waals surface area contributed by atoms with E-state index in [0.717, 1.165) is 28.1 Å². The maximum absolute atomic E-state index is 12.4. The Hall–Kier alpha value is -1.99. The van der Waals surface area contributed by atoms with Crippen molar-refractivity contribution in [2.45, 2.75) is 32.4 Å². The minimum absolute atomic E-state index is 0.00819. The summed E-state index contributed by atoms with van der Waals surface area (Å²) in [5.74, 6) is -0.695. The number of nitrogens with two attached hydrogens (primary N) is 1. The topological polar surface area (TPSA) is 85.5 Å². The van der Waals surface area contributed by atoms with E-state index in [1.54, 1.807) is 16.2 Å². The van der Waals surface area contributed by atoms with Crippen molar-refractivity contribution in [3.8, 4) is 0 Å². The van der Waals surface area contributed by atoms with Gasteiger partial charge in [-0.15, -0.1) is 11.3 Å². The van der Waals surface area contributed by atoms with Crippen molar-refractivity contribution in [2.75, 3.05) is 13.2 Å². The van der Waals surface area contributed by atoms with E-state index in [1.165, 1.54) is 0 Å². The largest absolute Gasteiger partial charge is 0.369 e. The molecule has 1 aromatic heterocycles. The molecule has 1 aromatic carbocycles. The number of para-hydroxylation sites is 1. The van der Waals surface area contributed by atoms with Gasteiger partial charge in [0.2, 0.25) is 11.8 Å². The Kier molecular flexibility index (Phi) is 5.11. The molecule has 1 aliphatic rings. The van der Waals surface area contributed by atoms with Gasteiger partial charge in [-0.25, -0.2) is 4.98 Å². The van der Waals surface area contributed by atoms with Gasteiger partial charge in [0, 0.05) is 12.6 Å². The van der Waals surface area contributed by atoms with Gasteiger partial charge < -0.3 is 15.4 Å². The number of piperidine rings is 1. The zero-order valence-electron chi connectivity index (χ0n) is 13.6. The average Bonchev–Trinajstić information content (AvgIpc) is 2.97. The van der Waals surface area contributed by atoms with E-state index in [2.05, 4.69) is 4.98 Å². The highest BCUT2D eigenvalue weighted by molar-refractivity contribution is 7.18. The van der Waals surface area contributed by atoms with Crippen molar-refractivity contribution in [1.82, 2.24) is 9.88 Å². The molecule has 24 heavy (non-hydrogen) atoms. The van der Waals surface area contributed by atoms with Gasteiger partial charge in [-0.2, -0.15) is 0 Å². The lowest BCUT2D eigenvalue weighted by Crippen LogP contribution is -2.49. The van der Waals surface area contributed by atoms with E-state index < -0.39 is 0 Å². The lowest BCUT2D eigenvalue weighted by molar-refractivity contribution is -0.142. The van der Waals surface area contributed by atoms with Crippen LogP contribution in [0.15, 0.2) is 24.3 Å². The molecule has 6 nitrogen and oxygen atoms in total. The number of thiazole rings is 1. The normalized spacial score (nSPS) is 21.1. The Balaban J connectivity index is 1.53. The van der Waals surface area contributed by atoms with Crippen LogP contribution in [0.2, 0.25) is 0 Å². The number of hydrogen-bond acceptors (Lipinski definition) is 5. The van der Waals surface area contributed by atoms with E-state index >= 15 is 0 Å². The number of benzene rings is 1. The monoisotopic (exact) mass is 347 g/mol. The summed E-state index contributed by atoms with van der Waals surface area (Å²) in [6, 6.07) is 8.00. The zero-order valence-corrected chi connectivity index (χ0v) is 14.4. The van der Waals surface area contributed by atoms with E-state index in [9.17, 15) is 9.59 Å². The van der Waals surface area contributed by atoms with Crippen molar-refractivity contribution in [2.24, 2.45) is 11.7 Å². The van der Waals surface area contributed by atoms with Gasteiger partial charge in [-0.3, -0.25) is 9.59 Å². The number of ether oxygens (including phenoxy) is 1. The fourth-order valence-electron chi connectivity index (χ4n) is 2.98. The summed E-state index contributed by atoms with van der Waals surface area (Å²) in [5, 5.41) is 0.853. The van der Waals surface area contributed by atoms with Gasteiger partial charge in [0.25, 0.3) is 0 Å². The van der Waals surface area contributed by atoms with Gasteiger partial charge >= 0.3 is 0 Å². The predicted molar refractivity (Wildman–Crippen MR) is 92.4 cm³/mol. The van der Waals surface area contributed by atoms with E-state index in [1.807, 2.05) is 31.2 Å². The van der Waals surface area contributed by atoms with E-state index in [4.69, 9.17) is 10.5 Å². The number of likely N-dealkylation sites (tertiary alicyclic amines) is 1. The molecule has 0 saturated carbocycles. The minimum Gasteiger partial charge on any atom is -0.369 e. The van der Waals surface area contributed by atoms with Gasteiger partial charge in [0.15, 0.2) is 0 Å². The standard InChI is InChI=1S/C17H21N3O3S/c1-11-6-7-12(17(18)22)8-20(11)16(21)10-23-9-15-19-13-4-2-3-5-14(13)24-15/h2-5,11-12H,6-10H2,1H3,(H2,18,22)/t11-,12+/m0/s1. The Bertz CT molecular complexity index is 713. The number of carbonyl (C=O) groups excluding carboxylic acids is 2. The first-order valence-electron chi connectivity index (χ1n) is 8.05. The van der Waals surface area contributed by atoms with Crippen molar-refractivity contribution >= 4 is 33.4 Å². The summed E-state index contributed by atoms with van der Waals surface area (Å²) in [6.07, 6.45) is 1.53. The van der Waals surface area contributed by atoms with Crippen LogP contribution in [0, 0.1) is 5.92 Å². The maximum Gasteiger partial charge on any atom is 0.248 e. The maximum atomic E-state index is 12.4. The number of carbonyl (C=O) groups is 2. The molecule has 2 heterocycles. The first-order chi connectivity index (χ1) is 11.5. The van der Waals surface area contributed by atoms with Crippen molar-refractivity contribution in [3.05, 3.63) is 29.3 Å². The quantitative estimate of drug-likeness (QED) is 0.895. The molecule has 1 aliphatic heterocycles. The summed E-state index contributed by atoms with van der Waals surface area (Å²) < 4.78 is 6.66. The summed E-state index contributed by atoms with van der Waals surface area (Å²) in [6.45, 7) is 2.68. The van der Waals surface area contributed by atoms with Gasteiger partial charge in [-0.1, -0.05) is 12.1 Å². The van der Waals surface area contributed by atoms with E-state index in [-0.39, 0.29) is 30.4 Å².